The first kappa shape index (κ1) is 14.2. The third kappa shape index (κ3) is 3.88. The fraction of sp³-hybridized carbons (Fsp3) is 0.312. The average molecular weight is 273 g/mol. The maximum absolute atomic E-state index is 12.1. The van der Waals surface area contributed by atoms with Crippen molar-refractivity contribution in [3.63, 3.8) is 0 Å². The van der Waals surface area contributed by atoms with Gasteiger partial charge in [0.2, 0.25) is 5.91 Å². The van der Waals surface area contributed by atoms with Crippen LogP contribution in [0.3, 0.4) is 0 Å². The summed E-state index contributed by atoms with van der Waals surface area (Å²) in [5.41, 5.74) is 0.545. The summed E-state index contributed by atoms with van der Waals surface area (Å²) in [6, 6.07) is 7.53. The van der Waals surface area contributed by atoms with E-state index in [1.807, 2.05) is 24.3 Å². The number of amides is 1. The highest BCUT2D eigenvalue weighted by molar-refractivity contribution is 5.92. The van der Waals surface area contributed by atoms with E-state index >= 15 is 0 Å². The van der Waals surface area contributed by atoms with E-state index in [0.29, 0.717) is 31.5 Å². The van der Waals surface area contributed by atoms with Crippen LogP contribution in [-0.4, -0.2) is 23.9 Å². The van der Waals surface area contributed by atoms with E-state index in [0.717, 1.165) is 11.5 Å². The Hall–Kier alpha value is -2.23. The van der Waals surface area contributed by atoms with Crippen molar-refractivity contribution in [1.82, 2.24) is 4.90 Å². The molecule has 0 fully saturated rings. The number of carbonyl (C=O) groups is 1. The lowest BCUT2D eigenvalue weighted by atomic mass is 10.2. The van der Waals surface area contributed by atoms with Crippen LogP contribution in [0.15, 0.2) is 57.8 Å². The van der Waals surface area contributed by atoms with Gasteiger partial charge in [-0.2, -0.15) is 0 Å². The van der Waals surface area contributed by atoms with Crippen LogP contribution < -0.4 is 0 Å². The van der Waals surface area contributed by atoms with Crippen molar-refractivity contribution in [2.24, 2.45) is 0 Å². The van der Waals surface area contributed by atoms with Gasteiger partial charge in [-0.1, -0.05) is 6.58 Å². The van der Waals surface area contributed by atoms with Crippen LogP contribution in [0.5, 0.6) is 0 Å². The highest BCUT2D eigenvalue weighted by atomic mass is 16.3. The number of rotatable bonds is 7. The summed E-state index contributed by atoms with van der Waals surface area (Å²) < 4.78 is 10.6. The summed E-state index contributed by atoms with van der Waals surface area (Å²) in [6.45, 7) is 6.68. The summed E-state index contributed by atoms with van der Waals surface area (Å²) in [6.07, 6.45) is 4.68. The van der Waals surface area contributed by atoms with E-state index in [4.69, 9.17) is 8.83 Å². The van der Waals surface area contributed by atoms with Gasteiger partial charge in [-0.15, -0.1) is 0 Å². The molecule has 106 valence electrons. The summed E-state index contributed by atoms with van der Waals surface area (Å²) in [5.74, 6) is 1.73. The maximum Gasteiger partial charge on any atom is 0.248 e. The Morgan fingerprint density at radius 1 is 1.10 bits per heavy atom. The van der Waals surface area contributed by atoms with Crippen LogP contribution in [-0.2, 0) is 17.6 Å². The van der Waals surface area contributed by atoms with Crippen molar-refractivity contribution in [2.45, 2.75) is 19.8 Å². The lowest BCUT2D eigenvalue weighted by molar-refractivity contribution is -0.127. The number of nitrogens with zero attached hydrogens (tertiary/aromatic N) is 1. The lowest BCUT2D eigenvalue weighted by Crippen LogP contribution is -2.35. The predicted molar refractivity (Wildman–Crippen MR) is 76.2 cm³/mol. The molecule has 0 saturated heterocycles. The molecule has 1 amide bonds. The number of furan rings is 2. The Morgan fingerprint density at radius 2 is 1.60 bits per heavy atom. The molecule has 0 spiro atoms. The maximum atomic E-state index is 12.1. The first-order chi connectivity index (χ1) is 9.66. The summed E-state index contributed by atoms with van der Waals surface area (Å²) in [7, 11) is 0. The zero-order valence-corrected chi connectivity index (χ0v) is 11.7. The fourth-order valence-electron chi connectivity index (χ4n) is 1.98. The van der Waals surface area contributed by atoms with Gasteiger partial charge in [0.1, 0.15) is 11.5 Å². The first-order valence-corrected chi connectivity index (χ1v) is 6.66. The third-order valence-electron chi connectivity index (χ3n) is 3.07. The zero-order valence-electron chi connectivity index (χ0n) is 11.7. The quantitative estimate of drug-likeness (QED) is 0.728. The van der Waals surface area contributed by atoms with Crippen molar-refractivity contribution in [1.29, 1.82) is 0 Å². The number of hydrogen-bond acceptors (Lipinski definition) is 3. The Labute approximate surface area is 118 Å². The number of carbonyl (C=O) groups excluding carboxylic acids is 1. The third-order valence-corrected chi connectivity index (χ3v) is 3.07. The molecular weight excluding hydrogens is 254 g/mol. The van der Waals surface area contributed by atoms with Gasteiger partial charge in [0, 0.05) is 31.5 Å². The molecule has 0 bridgehead atoms. The highest BCUT2D eigenvalue weighted by Crippen LogP contribution is 2.08. The molecule has 0 atom stereocenters. The highest BCUT2D eigenvalue weighted by Gasteiger charge is 2.15. The second kappa shape index (κ2) is 6.80. The van der Waals surface area contributed by atoms with Crippen LogP contribution in [0.25, 0.3) is 0 Å². The molecule has 0 radical (unpaired) electrons. The van der Waals surface area contributed by atoms with Gasteiger partial charge in [0.05, 0.1) is 12.5 Å². The molecule has 4 heteroatoms. The molecule has 0 N–H and O–H groups in total. The Morgan fingerprint density at radius 3 is 1.95 bits per heavy atom. The second-order valence-corrected chi connectivity index (χ2v) is 4.73. The van der Waals surface area contributed by atoms with Crippen LogP contribution in [0.1, 0.15) is 18.4 Å². The molecule has 2 aromatic rings. The zero-order chi connectivity index (χ0) is 14.4. The average Bonchev–Trinajstić information content (AvgIpc) is 3.11. The molecule has 0 aliphatic heterocycles. The Bertz CT molecular complexity index is 502. The van der Waals surface area contributed by atoms with Gasteiger partial charge in [-0.05, 0) is 31.2 Å². The summed E-state index contributed by atoms with van der Waals surface area (Å²) >= 11 is 0. The van der Waals surface area contributed by atoms with E-state index in [1.165, 1.54) is 0 Å². The van der Waals surface area contributed by atoms with Crippen LogP contribution >= 0.6 is 0 Å². The van der Waals surface area contributed by atoms with Gasteiger partial charge < -0.3 is 13.7 Å². The molecule has 2 heterocycles. The SMILES string of the molecule is C=C(C)C(=O)N(CCc1ccco1)CCc1ccco1. The van der Waals surface area contributed by atoms with E-state index in [-0.39, 0.29) is 5.91 Å². The van der Waals surface area contributed by atoms with E-state index in [1.54, 1.807) is 24.3 Å². The summed E-state index contributed by atoms with van der Waals surface area (Å²) in [4.78, 5) is 13.9. The van der Waals surface area contributed by atoms with Gasteiger partial charge in [-0.25, -0.2) is 0 Å². The molecule has 0 aliphatic rings. The molecule has 0 aromatic carbocycles. The standard InChI is InChI=1S/C16H19NO3/c1-13(2)16(18)17(9-7-14-5-3-11-19-14)10-8-15-6-4-12-20-15/h3-6,11-12H,1,7-10H2,2H3. The van der Waals surface area contributed by atoms with Gasteiger partial charge >= 0.3 is 0 Å². The summed E-state index contributed by atoms with van der Waals surface area (Å²) in [5, 5.41) is 0. The minimum absolute atomic E-state index is 0.0249. The Kier molecular flexibility index (Phi) is 4.82. The van der Waals surface area contributed by atoms with Crippen LogP contribution in [0.2, 0.25) is 0 Å². The monoisotopic (exact) mass is 273 g/mol. The minimum Gasteiger partial charge on any atom is -0.469 e. The molecule has 20 heavy (non-hydrogen) atoms. The van der Waals surface area contributed by atoms with Crippen molar-refractivity contribution in [3.05, 3.63) is 60.5 Å². The largest absolute Gasteiger partial charge is 0.469 e. The minimum atomic E-state index is -0.0249. The molecular formula is C16H19NO3. The topological polar surface area (TPSA) is 46.6 Å². The molecule has 2 rings (SSSR count). The normalized spacial score (nSPS) is 10.4. The fourth-order valence-corrected chi connectivity index (χ4v) is 1.98. The molecule has 2 aromatic heterocycles. The smallest absolute Gasteiger partial charge is 0.248 e. The molecule has 0 saturated carbocycles. The van der Waals surface area contributed by atoms with E-state index in [9.17, 15) is 4.79 Å². The van der Waals surface area contributed by atoms with Crippen molar-refractivity contribution < 1.29 is 13.6 Å². The van der Waals surface area contributed by atoms with Gasteiger partial charge in [0.15, 0.2) is 0 Å². The van der Waals surface area contributed by atoms with Crippen LogP contribution in [0.4, 0.5) is 0 Å². The lowest BCUT2D eigenvalue weighted by Gasteiger charge is -2.22. The van der Waals surface area contributed by atoms with E-state index < -0.39 is 0 Å². The van der Waals surface area contributed by atoms with Crippen molar-refractivity contribution in [3.8, 4) is 0 Å². The van der Waals surface area contributed by atoms with E-state index in [2.05, 4.69) is 6.58 Å². The number of hydrogen-bond donors (Lipinski definition) is 0. The van der Waals surface area contributed by atoms with Gasteiger partial charge in [0.25, 0.3) is 0 Å². The predicted octanol–water partition coefficient (Wildman–Crippen LogP) is 3.06. The molecule has 0 unspecified atom stereocenters. The van der Waals surface area contributed by atoms with Crippen molar-refractivity contribution in [2.75, 3.05) is 13.1 Å². The molecule has 0 aliphatic carbocycles. The molecule has 4 nitrogen and oxygen atoms in total. The second-order valence-electron chi connectivity index (χ2n) is 4.73. The first-order valence-electron chi connectivity index (χ1n) is 6.66. The van der Waals surface area contributed by atoms with Crippen LogP contribution in [0, 0.1) is 0 Å². The Balaban J connectivity index is 1.93. The van der Waals surface area contributed by atoms with Gasteiger partial charge in [-0.3, -0.25) is 4.79 Å². The van der Waals surface area contributed by atoms with Crippen molar-refractivity contribution >= 4 is 5.91 Å².